The standard InChI is InChI=1S/C7H16O4/c1-2-7(11-9)5-3-4-6-10-8/h7-9H,2-6H2,1H3. The van der Waals surface area contributed by atoms with Crippen LogP contribution in [0.15, 0.2) is 0 Å². The van der Waals surface area contributed by atoms with E-state index in [0.29, 0.717) is 6.61 Å². The molecule has 11 heavy (non-hydrogen) atoms. The number of rotatable bonds is 7. The van der Waals surface area contributed by atoms with Crippen molar-refractivity contribution in [1.29, 1.82) is 0 Å². The highest BCUT2D eigenvalue weighted by Crippen LogP contribution is 2.06. The maximum absolute atomic E-state index is 8.30. The Kier molecular flexibility index (Phi) is 7.83. The van der Waals surface area contributed by atoms with Crippen LogP contribution in [0, 0.1) is 0 Å². The predicted molar refractivity (Wildman–Crippen MR) is 40.2 cm³/mol. The molecule has 0 aromatic rings. The molecule has 0 rings (SSSR count). The molecule has 68 valence electrons. The Balaban J connectivity index is 3.07. The molecule has 0 aliphatic heterocycles. The van der Waals surface area contributed by atoms with E-state index < -0.39 is 0 Å². The molecule has 0 radical (unpaired) electrons. The molecule has 0 aliphatic rings. The van der Waals surface area contributed by atoms with Gasteiger partial charge >= 0.3 is 0 Å². The van der Waals surface area contributed by atoms with Gasteiger partial charge in [0.25, 0.3) is 0 Å². The second-order valence-corrected chi connectivity index (χ2v) is 2.46. The lowest BCUT2D eigenvalue weighted by Crippen LogP contribution is -2.09. The van der Waals surface area contributed by atoms with Crippen molar-refractivity contribution in [2.75, 3.05) is 6.61 Å². The third-order valence-electron chi connectivity index (χ3n) is 1.62. The van der Waals surface area contributed by atoms with Crippen LogP contribution in [0.1, 0.15) is 32.6 Å². The Morgan fingerprint density at radius 1 is 1.27 bits per heavy atom. The molecular formula is C7H16O4. The van der Waals surface area contributed by atoms with Gasteiger partial charge in [-0.1, -0.05) is 6.92 Å². The van der Waals surface area contributed by atoms with Gasteiger partial charge in [-0.15, -0.1) is 0 Å². The van der Waals surface area contributed by atoms with Crippen LogP contribution in [-0.2, 0) is 9.78 Å². The minimum atomic E-state index is -0.0753. The molecular weight excluding hydrogens is 148 g/mol. The van der Waals surface area contributed by atoms with Crippen LogP contribution >= 0.6 is 0 Å². The van der Waals surface area contributed by atoms with Gasteiger partial charge in [-0.25, -0.2) is 9.78 Å². The molecule has 0 bridgehead atoms. The SMILES string of the molecule is CCC(CCCCOO)OO. The number of unbranched alkanes of at least 4 members (excludes halogenated alkanes) is 1. The lowest BCUT2D eigenvalue weighted by molar-refractivity contribution is -0.281. The van der Waals surface area contributed by atoms with Crippen molar-refractivity contribution in [1.82, 2.24) is 0 Å². The second kappa shape index (κ2) is 7.94. The van der Waals surface area contributed by atoms with Crippen molar-refractivity contribution in [3.63, 3.8) is 0 Å². The Morgan fingerprint density at radius 3 is 2.45 bits per heavy atom. The first-order chi connectivity index (χ1) is 5.35. The van der Waals surface area contributed by atoms with Gasteiger partial charge in [0.15, 0.2) is 0 Å². The number of hydrogen-bond acceptors (Lipinski definition) is 4. The largest absolute Gasteiger partial charge is 0.252 e. The zero-order chi connectivity index (χ0) is 8.53. The molecule has 0 fully saturated rings. The van der Waals surface area contributed by atoms with E-state index >= 15 is 0 Å². The Labute approximate surface area is 66.6 Å². The summed E-state index contributed by atoms with van der Waals surface area (Å²) < 4.78 is 0. The normalized spacial score (nSPS) is 13.4. The highest BCUT2D eigenvalue weighted by molar-refractivity contribution is 4.52. The van der Waals surface area contributed by atoms with Crippen LogP contribution < -0.4 is 0 Å². The molecule has 0 amide bonds. The Bertz CT molecular complexity index is 72.8. The molecule has 4 nitrogen and oxygen atoms in total. The Morgan fingerprint density at radius 2 is 2.00 bits per heavy atom. The van der Waals surface area contributed by atoms with E-state index in [9.17, 15) is 0 Å². The minimum absolute atomic E-state index is 0.0753. The van der Waals surface area contributed by atoms with Crippen LogP contribution in [0.5, 0.6) is 0 Å². The van der Waals surface area contributed by atoms with Crippen LogP contribution in [0.4, 0.5) is 0 Å². The van der Waals surface area contributed by atoms with Crippen LogP contribution in [0.25, 0.3) is 0 Å². The summed E-state index contributed by atoms with van der Waals surface area (Å²) >= 11 is 0. The van der Waals surface area contributed by atoms with E-state index in [1.807, 2.05) is 6.92 Å². The zero-order valence-electron chi connectivity index (χ0n) is 6.82. The first kappa shape index (κ1) is 10.8. The smallest absolute Gasteiger partial charge is 0.0924 e. The van der Waals surface area contributed by atoms with E-state index in [2.05, 4.69) is 9.78 Å². The number of hydrogen-bond donors (Lipinski definition) is 2. The molecule has 0 aliphatic carbocycles. The van der Waals surface area contributed by atoms with Gasteiger partial charge in [0.05, 0.1) is 12.7 Å². The minimum Gasteiger partial charge on any atom is -0.252 e. The first-order valence-corrected chi connectivity index (χ1v) is 3.91. The average molecular weight is 164 g/mol. The predicted octanol–water partition coefficient (Wildman–Crippen LogP) is 1.91. The highest BCUT2D eigenvalue weighted by Gasteiger charge is 2.04. The summed E-state index contributed by atoms with van der Waals surface area (Å²) in [5.41, 5.74) is 0. The third kappa shape index (κ3) is 6.25. The van der Waals surface area contributed by atoms with E-state index in [4.69, 9.17) is 10.5 Å². The summed E-state index contributed by atoms with van der Waals surface area (Å²) in [4.78, 5) is 8.06. The first-order valence-electron chi connectivity index (χ1n) is 3.91. The Hall–Kier alpha value is -0.160. The maximum atomic E-state index is 8.30. The van der Waals surface area contributed by atoms with Crippen molar-refractivity contribution in [3.8, 4) is 0 Å². The van der Waals surface area contributed by atoms with Crippen LogP contribution in [0.3, 0.4) is 0 Å². The van der Waals surface area contributed by atoms with E-state index in [1.54, 1.807) is 0 Å². The van der Waals surface area contributed by atoms with Gasteiger partial charge in [-0.3, -0.25) is 10.5 Å². The summed E-state index contributed by atoms with van der Waals surface area (Å²) in [5.74, 6) is 0. The van der Waals surface area contributed by atoms with Gasteiger partial charge < -0.3 is 0 Å². The molecule has 2 N–H and O–H groups in total. The molecule has 0 spiro atoms. The monoisotopic (exact) mass is 164 g/mol. The molecule has 0 heterocycles. The summed E-state index contributed by atoms with van der Waals surface area (Å²) in [7, 11) is 0. The van der Waals surface area contributed by atoms with Gasteiger partial charge in [0, 0.05) is 0 Å². The third-order valence-corrected chi connectivity index (χ3v) is 1.62. The topological polar surface area (TPSA) is 58.9 Å². The summed E-state index contributed by atoms with van der Waals surface area (Å²) in [6.45, 7) is 2.30. The van der Waals surface area contributed by atoms with Gasteiger partial charge in [-0.05, 0) is 25.7 Å². The molecule has 0 saturated heterocycles. The van der Waals surface area contributed by atoms with Crippen molar-refractivity contribution < 1.29 is 20.3 Å². The highest BCUT2D eigenvalue weighted by atomic mass is 17.1. The van der Waals surface area contributed by atoms with Gasteiger partial charge in [0.1, 0.15) is 0 Å². The lowest BCUT2D eigenvalue weighted by atomic mass is 10.1. The molecule has 0 aromatic heterocycles. The molecule has 4 heteroatoms. The maximum Gasteiger partial charge on any atom is 0.0924 e. The average Bonchev–Trinajstić information content (AvgIpc) is 2.05. The molecule has 1 unspecified atom stereocenters. The quantitative estimate of drug-likeness (QED) is 0.343. The van der Waals surface area contributed by atoms with Crippen molar-refractivity contribution in [2.24, 2.45) is 0 Å². The van der Waals surface area contributed by atoms with Crippen LogP contribution in [-0.4, -0.2) is 23.2 Å². The fraction of sp³-hybridized carbons (Fsp3) is 1.00. The summed E-state index contributed by atoms with van der Waals surface area (Å²) in [6.07, 6.45) is 3.21. The lowest BCUT2D eigenvalue weighted by Gasteiger charge is -2.09. The summed E-state index contributed by atoms with van der Waals surface area (Å²) in [5, 5.41) is 16.3. The fourth-order valence-electron chi connectivity index (χ4n) is 0.870. The van der Waals surface area contributed by atoms with Gasteiger partial charge in [0.2, 0.25) is 0 Å². The zero-order valence-corrected chi connectivity index (χ0v) is 6.82. The van der Waals surface area contributed by atoms with E-state index in [1.165, 1.54) is 0 Å². The van der Waals surface area contributed by atoms with E-state index in [0.717, 1.165) is 25.7 Å². The second-order valence-electron chi connectivity index (χ2n) is 2.46. The molecule has 1 atom stereocenters. The molecule has 0 saturated carbocycles. The summed E-state index contributed by atoms with van der Waals surface area (Å²) in [6, 6.07) is 0. The van der Waals surface area contributed by atoms with Crippen LogP contribution in [0.2, 0.25) is 0 Å². The van der Waals surface area contributed by atoms with Crippen molar-refractivity contribution >= 4 is 0 Å². The van der Waals surface area contributed by atoms with E-state index in [-0.39, 0.29) is 6.10 Å². The fourth-order valence-corrected chi connectivity index (χ4v) is 0.870. The van der Waals surface area contributed by atoms with Crippen molar-refractivity contribution in [2.45, 2.75) is 38.7 Å². The molecule has 0 aromatic carbocycles. The van der Waals surface area contributed by atoms with Crippen molar-refractivity contribution in [3.05, 3.63) is 0 Å². The van der Waals surface area contributed by atoms with Gasteiger partial charge in [-0.2, -0.15) is 0 Å².